The quantitative estimate of drug-likeness (QED) is 0.806. The monoisotopic (exact) mass is 266 g/mol. The minimum atomic E-state index is 0.280. The summed E-state index contributed by atoms with van der Waals surface area (Å²) in [4.78, 5) is 11.1. The van der Waals surface area contributed by atoms with Crippen molar-refractivity contribution in [2.24, 2.45) is 5.73 Å². The molecule has 1 aromatic rings. The Morgan fingerprint density at radius 2 is 2.50 bits per heavy atom. The van der Waals surface area contributed by atoms with Crippen molar-refractivity contribution in [3.63, 3.8) is 0 Å². The van der Waals surface area contributed by atoms with Crippen LogP contribution in [0.15, 0.2) is 12.3 Å². The molecule has 0 spiro atoms. The Morgan fingerprint density at radius 1 is 1.67 bits per heavy atom. The van der Waals surface area contributed by atoms with E-state index in [0.717, 1.165) is 32.5 Å². The van der Waals surface area contributed by atoms with E-state index in [0.29, 0.717) is 16.6 Å². The fraction of sp³-hybridized carbons (Fsp3) is 0.583. The molecule has 1 atom stereocenters. The predicted molar refractivity (Wildman–Crippen MR) is 74.8 cm³/mol. The molecule has 1 unspecified atom stereocenters. The van der Waals surface area contributed by atoms with Crippen molar-refractivity contribution in [3.05, 3.63) is 18.0 Å². The smallest absolute Gasteiger partial charge is 0.226 e. The third-order valence-corrected chi connectivity index (χ3v) is 3.22. The number of thiocarbonyl (C=S) groups is 1. The molecule has 1 aliphatic rings. The Balaban J connectivity index is 2.10. The molecule has 0 bridgehead atoms. The summed E-state index contributed by atoms with van der Waals surface area (Å²) in [6.07, 6.45) is 4.21. The van der Waals surface area contributed by atoms with Crippen LogP contribution in [0.25, 0.3) is 0 Å². The van der Waals surface area contributed by atoms with Crippen LogP contribution in [-0.2, 0) is 4.74 Å². The standard InChI is InChI=1S/C12H18N4OS/c1-2-16(8-9-4-3-7-17-9)12-14-6-5-10(15-12)11(13)18/h5-6,9H,2-4,7-8H2,1H3,(H2,13,18). The summed E-state index contributed by atoms with van der Waals surface area (Å²) in [5.74, 6) is 0.665. The van der Waals surface area contributed by atoms with E-state index in [9.17, 15) is 0 Å². The summed E-state index contributed by atoms with van der Waals surface area (Å²) >= 11 is 4.93. The van der Waals surface area contributed by atoms with Gasteiger partial charge in [-0.25, -0.2) is 9.97 Å². The minimum absolute atomic E-state index is 0.280. The molecule has 2 heterocycles. The molecule has 0 saturated carbocycles. The Morgan fingerprint density at radius 3 is 3.11 bits per heavy atom. The first kappa shape index (κ1) is 13.2. The highest BCUT2D eigenvalue weighted by Crippen LogP contribution is 2.16. The normalized spacial score (nSPS) is 18.8. The number of hydrogen-bond acceptors (Lipinski definition) is 5. The van der Waals surface area contributed by atoms with Gasteiger partial charge < -0.3 is 15.4 Å². The van der Waals surface area contributed by atoms with Gasteiger partial charge in [0.2, 0.25) is 5.95 Å². The van der Waals surface area contributed by atoms with Gasteiger partial charge >= 0.3 is 0 Å². The zero-order valence-electron chi connectivity index (χ0n) is 10.5. The Hall–Kier alpha value is -1.27. The van der Waals surface area contributed by atoms with Gasteiger partial charge in [0.05, 0.1) is 6.10 Å². The van der Waals surface area contributed by atoms with Crippen molar-refractivity contribution < 1.29 is 4.74 Å². The third kappa shape index (κ3) is 3.14. The van der Waals surface area contributed by atoms with Crippen molar-refractivity contribution in [2.45, 2.75) is 25.9 Å². The third-order valence-electron chi connectivity index (χ3n) is 3.01. The van der Waals surface area contributed by atoms with Crippen LogP contribution >= 0.6 is 12.2 Å². The second-order valence-electron chi connectivity index (χ2n) is 4.28. The van der Waals surface area contributed by atoms with Gasteiger partial charge in [-0.1, -0.05) is 12.2 Å². The van der Waals surface area contributed by atoms with Crippen LogP contribution in [-0.4, -0.2) is 40.8 Å². The second kappa shape index (κ2) is 6.06. The molecule has 0 aromatic carbocycles. The highest BCUT2D eigenvalue weighted by Gasteiger charge is 2.20. The molecule has 2 N–H and O–H groups in total. The van der Waals surface area contributed by atoms with Gasteiger partial charge in [0.1, 0.15) is 10.7 Å². The molecule has 1 aliphatic heterocycles. The number of likely N-dealkylation sites (N-methyl/N-ethyl adjacent to an activating group) is 1. The van der Waals surface area contributed by atoms with Gasteiger partial charge in [-0.3, -0.25) is 0 Å². The second-order valence-corrected chi connectivity index (χ2v) is 4.72. The minimum Gasteiger partial charge on any atom is -0.388 e. The van der Waals surface area contributed by atoms with E-state index in [1.807, 2.05) is 0 Å². The lowest BCUT2D eigenvalue weighted by Gasteiger charge is -2.24. The molecule has 1 saturated heterocycles. The summed E-state index contributed by atoms with van der Waals surface area (Å²) in [6.45, 7) is 4.58. The molecule has 0 amide bonds. The molecule has 1 fully saturated rings. The maximum absolute atomic E-state index is 5.64. The first-order valence-corrected chi connectivity index (χ1v) is 6.61. The van der Waals surface area contributed by atoms with Gasteiger partial charge in [0, 0.05) is 25.9 Å². The van der Waals surface area contributed by atoms with Crippen molar-refractivity contribution in [3.8, 4) is 0 Å². The predicted octanol–water partition coefficient (Wildman–Crippen LogP) is 1.12. The highest BCUT2D eigenvalue weighted by atomic mass is 32.1. The van der Waals surface area contributed by atoms with Crippen LogP contribution in [0.3, 0.4) is 0 Å². The lowest BCUT2D eigenvalue weighted by atomic mass is 10.2. The number of rotatable bonds is 5. The Bertz CT molecular complexity index is 420. The van der Waals surface area contributed by atoms with Crippen molar-refractivity contribution in [1.82, 2.24) is 9.97 Å². The van der Waals surface area contributed by atoms with E-state index in [-0.39, 0.29) is 6.10 Å². The van der Waals surface area contributed by atoms with Crippen LogP contribution < -0.4 is 10.6 Å². The van der Waals surface area contributed by atoms with E-state index in [4.69, 9.17) is 22.7 Å². The summed E-state index contributed by atoms with van der Waals surface area (Å²) in [5.41, 5.74) is 6.20. The van der Waals surface area contributed by atoms with E-state index >= 15 is 0 Å². The van der Waals surface area contributed by atoms with Crippen LogP contribution in [0.5, 0.6) is 0 Å². The summed E-state index contributed by atoms with van der Waals surface area (Å²) in [5, 5.41) is 0. The molecule has 6 heteroatoms. The topological polar surface area (TPSA) is 64.3 Å². The van der Waals surface area contributed by atoms with E-state index in [1.54, 1.807) is 12.3 Å². The van der Waals surface area contributed by atoms with Gasteiger partial charge in [-0.15, -0.1) is 0 Å². The number of anilines is 1. The SMILES string of the molecule is CCN(CC1CCCO1)c1nccc(C(N)=S)n1. The lowest BCUT2D eigenvalue weighted by Crippen LogP contribution is -2.33. The molecule has 18 heavy (non-hydrogen) atoms. The lowest BCUT2D eigenvalue weighted by molar-refractivity contribution is 0.115. The van der Waals surface area contributed by atoms with Crippen molar-refractivity contribution in [2.75, 3.05) is 24.6 Å². The summed E-state index contributed by atoms with van der Waals surface area (Å²) < 4.78 is 5.64. The molecule has 1 aromatic heterocycles. The van der Waals surface area contributed by atoms with Crippen LogP contribution in [0.1, 0.15) is 25.5 Å². The van der Waals surface area contributed by atoms with E-state index in [1.165, 1.54) is 0 Å². The van der Waals surface area contributed by atoms with Crippen LogP contribution in [0, 0.1) is 0 Å². The fourth-order valence-electron chi connectivity index (χ4n) is 2.02. The Labute approximate surface area is 112 Å². The molecular formula is C12H18N4OS. The van der Waals surface area contributed by atoms with Gasteiger partial charge in [-0.05, 0) is 25.8 Å². The maximum Gasteiger partial charge on any atom is 0.226 e. The molecule has 0 aliphatic carbocycles. The first-order chi connectivity index (χ1) is 8.70. The van der Waals surface area contributed by atoms with E-state index < -0.39 is 0 Å². The van der Waals surface area contributed by atoms with Gasteiger partial charge in [-0.2, -0.15) is 0 Å². The number of aromatic nitrogens is 2. The van der Waals surface area contributed by atoms with Crippen molar-refractivity contribution >= 4 is 23.2 Å². The van der Waals surface area contributed by atoms with Crippen molar-refractivity contribution in [1.29, 1.82) is 0 Å². The number of ether oxygens (including phenoxy) is 1. The molecular weight excluding hydrogens is 248 g/mol. The largest absolute Gasteiger partial charge is 0.388 e. The maximum atomic E-state index is 5.64. The first-order valence-electron chi connectivity index (χ1n) is 6.20. The summed E-state index contributed by atoms with van der Waals surface area (Å²) in [6, 6.07) is 1.73. The molecule has 5 nitrogen and oxygen atoms in total. The molecule has 0 radical (unpaired) electrons. The molecule has 2 rings (SSSR count). The molecule has 98 valence electrons. The zero-order chi connectivity index (χ0) is 13.0. The number of nitrogens with zero attached hydrogens (tertiary/aromatic N) is 3. The average Bonchev–Trinajstić information content (AvgIpc) is 2.89. The Kier molecular flexibility index (Phi) is 4.43. The summed E-state index contributed by atoms with van der Waals surface area (Å²) in [7, 11) is 0. The number of hydrogen-bond donors (Lipinski definition) is 1. The number of nitrogens with two attached hydrogens (primary N) is 1. The average molecular weight is 266 g/mol. The van der Waals surface area contributed by atoms with E-state index in [2.05, 4.69) is 21.8 Å². The van der Waals surface area contributed by atoms with Crippen LogP contribution in [0.2, 0.25) is 0 Å². The van der Waals surface area contributed by atoms with Gasteiger partial charge in [0.25, 0.3) is 0 Å². The van der Waals surface area contributed by atoms with Gasteiger partial charge in [0.15, 0.2) is 0 Å². The van der Waals surface area contributed by atoms with Crippen LogP contribution in [0.4, 0.5) is 5.95 Å². The highest BCUT2D eigenvalue weighted by molar-refractivity contribution is 7.80. The zero-order valence-corrected chi connectivity index (χ0v) is 11.3. The fourth-order valence-corrected chi connectivity index (χ4v) is 2.14.